The Morgan fingerprint density at radius 1 is 1.00 bits per heavy atom. The molecule has 0 aromatic rings. The first-order chi connectivity index (χ1) is 7.24. The Labute approximate surface area is 92.8 Å². The molecule has 2 heterocycles. The summed E-state index contributed by atoms with van der Waals surface area (Å²) in [5.41, 5.74) is 9.54. The molecule has 0 amide bonds. The van der Waals surface area contributed by atoms with Crippen LogP contribution in [-0.4, -0.2) is 55.2 Å². The molecule has 2 aliphatic rings. The molecule has 0 aromatic carbocycles. The van der Waals surface area contributed by atoms with E-state index in [-0.39, 0.29) is 0 Å². The second kappa shape index (κ2) is 5.25. The highest BCUT2D eigenvalue weighted by Crippen LogP contribution is 2.11. The summed E-state index contributed by atoms with van der Waals surface area (Å²) in [6.07, 6.45) is 4.83. The van der Waals surface area contributed by atoms with Crippen LogP contribution >= 0.6 is 0 Å². The van der Waals surface area contributed by atoms with Crippen LogP contribution in [0.4, 0.5) is 0 Å². The summed E-state index contributed by atoms with van der Waals surface area (Å²) < 4.78 is 0. The highest BCUT2D eigenvalue weighted by Gasteiger charge is 2.21. The first kappa shape index (κ1) is 11.3. The molecule has 3 N–H and O–H groups in total. The Bertz CT molecular complexity index is 161. The van der Waals surface area contributed by atoms with Crippen LogP contribution in [0.1, 0.15) is 25.7 Å². The maximum atomic E-state index is 5.89. The molecule has 0 atom stereocenters. The van der Waals surface area contributed by atoms with E-state index in [0.717, 1.165) is 25.9 Å². The zero-order chi connectivity index (χ0) is 10.7. The van der Waals surface area contributed by atoms with Crippen molar-refractivity contribution in [3.63, 3.8) is 0 Å². The van der Waals surface area contributed by atoms with Crippen molar-refractivity contribution in [3.05, 3.63) is 0 Å². The highest BCUT2D eigenvalue weighted by molar-refractivity contribution is 4.77. The van der Waals surface area contributed by atoms with E-state index in [1.54, 1.807) is 0 Å². The minimum Gasteiger partial charge on any atom is -0.328 e. The van der Waals surface area contributed by atoms with Gasteiger partial charge in [-0.25, -0.2) is 5.01 Å². The summed E-state index contributed by atoms with van der Waals surface area (Å²) in [7, 11) is 2.20. The van der Waals surface area contributed by atoms with Crippen molar-refractivity contribution in [1.82, 2.24) is 15.3 Å². The van der Waals surface area contributed by atoms with Crippen LogP contribution in [0.2, 0.25) is 0 Å². The largest absolute Gasteiger partial charge is 0.328 e. The minimum absolute atomic E-state index is 0.431. The first-order valence-electron chi connectivity index (χ1n) is 6.19. The smallest absolute Gasteiger partial charge is 0.0239 e. The molecule has 2 aliphatic heterocycles. The Morgan fingerprint density at radius 2 is 1.60 bits per heavy atom. The van der Waals surface area contributed by atoms with Gasteiger partial charge in [0.15, 0.2) is 0 Å². The van der Waals surface area contributed by atoms with E-state index in [1.165, 1.54) is 25.9 Å². The van der Waals surface area contributed by atoms with Gasteiger partial charge in [0.1, 0.15) is 0 Å². The summed E-state index contributed by atoms with van der Waals surface area (Å²) >= 11 is 0. The standard InChI is InChI=1S/C11H24N4/c1-14-6-4-11(5-7-14)13-15-8-2-10(12)3-9-15/h10-11,13H,2-9,12H2,1H3. The summed E-state index contributed by atoms with van der Waals surface area (Å²) in [5, 5.41) is 2.37. The third-order valence-corrected chi connectivity index (χ3v) is 3.62. The van der Waals surface area contributed by atoms with Crippen LogP contribution in [0, 0.1) is 0 Å². The summed E-state index contributed by atoms with van der Waals surface area (Å²) in [4.78, 5) is 2.41. The van der Waals surface area contributed by atoms with Gasteiger partial charge in [0, 0.05) is 25.2 Å². The number of rotatable bonds is 2. The van der Waals surface area contributed by atoms with Gasteiger partial charge in [0.25, 0.3) is 0 Å². The topological polar surface area (TPSA) is 44.5 Å². The molecule has 15 heavy (non-hydrogen) atoms. The van der Waals surface area contributed by atoms with Crippen LogP contribution in [0.3, 0.4) is 0 Å². The van der Waals surface area contributed by atoms with Crippen molar-refractivity contribution < 1.29 is 0 Å². The highest BCUT2D eigenvalue weighted by atomic mass is 15.5. The second-order valence-corrected chi connectivity index (χ2v) is 5.03. The van der Waals surface area contributed by atoms with Crippen LogP contribution in [0.25, 0.3) is 0 Å². The maximum Gasteiger partial charge on any atom is 0.0239 e. The molecule has 0 aromatic heterocycles. The van der Waals surface area contributed by atoms with Gasteiger partial charge in [-0.1, -0.05) is 0 Å². The molecule has 0 aliphatic carbocycles. The predicted molar refractivity (Wildman–Crippen MR) is 62.4 cm³/mol. The van der Waals surface area contributed by atoms with Gasteiger partial charge in [-0.05, 0) is 45.8 Å². The first-order valence-corrected chi connectivity index (χ1v) is 6.19. The van der Waals surface area contributed by atoms with Crippen LogP contribution in [0.15, 0.2) is 0 Å². The fourth-order valence-corrected chi connectivity index (χ4v) is 2.42. The van der Waals surface area contributed by atoms with Crippen LogP contribution < -0.4 is 11.2 Å². The number of nitrogens with one attached hydrogen (secondary N) is 1. The number of piperidine rings is 2. The van der Waals surface area contributed by atoms with Crippen molar-refractivity contribution in [2.75, 3.05) is 33.2 Å². The Balaban J connectivity index is 1.68. The lowest BCUT2D eigenvalue weighted by molar-refractivity contribution is 0.0942. The second-order valence-electron chi connectivity index (χ2n) is 5.03. The van der Waals surface area contributed by atoms with E-state index in [2.05, 4.69) is 22.4 Å². The average Bonchev–Trinajstić information content (AvgIpc) is 2.25. The number of hydrazine groups is 1. The molecule has 88 valence electrons. The molecule has 4 heteroatoms. The quantitative estimate of drug-likeness (QED) is 0.677. The van der Waals surface area contributed by atoms with Gasteiger partial charge in [-0.3, -0.25) is 5.43 Å². The van der Waals surface area contributed by atoms with Gasteiger partial charge in [-0.15, -0.1) is 0 Å². The summed E-state index contributed by atoms with van der Waals surface area (Å²) in [6.45, 7) is 4.69. The minimum atomic E-state index is 0.431. The molecule has 0 spiro atoms. The van der Waals surface area contributed by atoms with E-state index in [9.17, 15) is 0 Å². The molecular formula is C11H24N4. The molecular weight excluding hydrogens is 188 g/mol. The third kappa shape index (κ3) is 3.41. The zero-order valence-electron chi connectivity index (χ0n) is 9.78. The van der Waals surface area contributed by atoms with Crippen molar-refractivity contribution in [2.45, 2.75) is 37.8 Å². The Kier molecular flexibility index (Phi) is 3.97. The van der Waals surface area contributed by atoms with Crippen molar-refractivity contribution in [3.8, 4) is 0 Å². The van der Waals surface area contributed by atoms with E-state index in [4.69, 9.17) is 5.73 Å². The van der Waals surface area contributed by atoms with Gasteiger partial charge in [0.2, 0.25) is 0 Å². The lowest BCUT2D eigenvalue weighted by atomic mass is 10.1. The van der Waals surface area contributed by atoms with Crippen LogP contribution in [-0.2, 0) is 0 Å². The molecule has 0 radical (unpaired) electrons. The van der Waals surface area contributed by atoms with Crippen LogP contribution in [0.5, 0.6) is 0 Å². The number of likely N-dealkylation sites (tertiary alicyclic amines) is 1. The monoisotopic (exact) mass is 212 g/mol. The molecule has 2 rings (SSSR count). The fourth-order valence-electron chi connectivity index (χ4n) is 2.42. The summed E-state index contributed by atoms with van der Waals surface area (Å²) in [5.74, 6) is 0. The molecule has 0 unspecified atom stereocenters. The molecule has 0 saturated carbocycles. The summed E-state index contributed by atoms with van der Waals surface area (Å²) in [6, 6.07) is 1.12. The van der Waals surface area contributed by atoms with E-state index in [0.29, 0.717) is 12.1 Å². The SMILES string of the molecule is CN1CCC(NN2CCC(N)CC2)CC1. The normalized spacial score (nSPS) is 28.4. The van der Waals surface area contributed by atoms with Gasteiger partial charge < -0.3 is 10.6 Å². The fraction of sp³-hybridized carbons (Fsp3) is 1.00. The van der Waals surface area contributed by atoms with Crippen molar-refractivity contribution in [1.29, 1.82) is 0 Å². The Morgan fingerprint density at radius 3 is 2.20 bits per heavy atom. The van der Waals surface area contributed by atoms with Crippen molar-refractivity contribution in [2.24, 2.45) is 5.73 Å². The van der Waals surface area contributed by atoms with E-state index >= 15 is 0 Å². The number of nitrogens with zero attached hydrogens (tertiary/aromatic N) is 2. The van der Waals surface area contributed by atoms with Gasteiger partial charge in [-0.2, -0.15) is 0 Å². The lowest BCUT2D eigenvalue weighted by Crippen LogP contribution is -2.53. The molecule has 0 bridgehead atoms. The number of hydrogen-bond acceptors (Lipinski definition) is 4. The molecule has 2 fully saturated rings. The van der Waals surface area contributed by atoms with Gasteiger partial charge in [0.05, 0.1) is 0 Å². The average molecular weight is 212 g/mol. The number of nitrogens with two attached hydrogens (primary N) is 1. The van der Waals surface area contributed by atoms with E-state index < -0.39 is 0 Å². The number of hydrogen-bond donors (Lipinski definition) is 2. The van der Waals surface area contributed by atoms with Gasteiger partial charge >= 0.3 is 0 Å². The Hall–Kier alpha value is -0.160. The molecule has 2 saturated heterocycles. The molecule has 4 nitrogen and oxygen atoms in total. The van der Waals surface area contributed by atoms with E-state index in [1.807, 2.05) is 0 Å². The maximum absolute atomic E-state index is 5.89. The zero-order valence-corrected chi connectivity index (χ0v) is 9.78. The third-order valence-electron chi connectivity index (χ3n) is 3.62. The predicted octanol–water partition coefficient (Wildman–Crippen LogP) is 0.00830. The lowest BCUT2D eigenvalue weighted by Gasteiger charge is -2.37. The van der Waals surface area contributed by atoms with Crippen molar-refractivity contribution >= 4 is 0 Å².